The molecule has 0 saturated carbocycles. The van der Waals surface area contributed by atoms with Crippen LogP contribution in [-0.4, -0.2) is 25.7 Å². The molecule has 4 nitrogen and oxygen atoms in total. The van der Waals surface area contributed by atoms with Crippen LogP contribution in [-0.2, 0) is 4.74 Å². The molecule has 0 spiro atoms. The number of ether oxygens (including phenoxy) is 1. The second-order valence-electron chi connectivity index (χ2n) is 4.93. The summed E-state index contributed by atoms with van der Waals surface area (Å²) in [7, 11) is 0. The number of carbonyl (C=O) groups is 1. The number of rotatable bonds is 6. The van der Waals surface area contributed by atoms with Crippen molar-refractivity contribution in [2.75, 3.05) is 30.3 Å². The molecule has 0 radical (unpaired) electrons. The van der Waals surface area contributed by atoms with E-state index in [9.17, 15) is 4.79 Å². The number of hydrogen-bond donors (Lipinski definition) is 1. The van der Waals surface area contributed by atoms with Gasteiger partial charge < -0.3 is 15.4 Å². The molecule has 0 saturated heterocycles. The predicted octanol–water partition coefficient (Wildman–Crippen LogP) is 2.93. The maximum absolute atomic E-state index is 11.6. The summed E-state index contributed by atoms with van der Waals surface area (Å²) in [6.07, 6.45) is 0. The summed E-state index contributed by atoms with van der Waals surface area (Å²) < 4.78 is 4.97. The van der Waals surface area contributed by atoms with Crippen LogP contribution in [0.25, 0.3) is 0 Å². The first-order chi connectivity index (χ1) is 8.99. The van der Waals surface area contributed by atoms with Crippen LogP contribution < -0.4 is 10.6 Å². The first-order valence-corrected chi connectivity index (χ1v) is 6.81. The van der Waals surface area contributed by atoms with Gasteiger partial charge in [-0.1, -0.05) is 13.8 Å². The summed E-state index contributed by atoms with van der Waals surface area (Å²) in [5.74, 6) is 0.233. The quantitative estimate of drug-likeness (QED) is 0.634. The van der Waals surface area contributed by atoms with Crippen molar-refractivity contribution in [2.24, 2.45) is 5.92 Å². The summed E-state index contributed by atoms with van der Waals surface area (Å²) in [6, 6.07) is 5.36. The Morgan fingerprint density at radius 3 is 2.53 bits per heavy atom. The predicted molar refractivity (Wildman–Crippen MR) is 79.5 cm³/mol. The molecule has 0 heterocycles. The van der Waals surface area contributed by atoms with Gasteiger partial charge in [0.15, 0.2) is 0 Å². The molecule has 4 heteroatoms. The van der Waals surface area contributed by atoms with E-state index in [1.807, 2.05) is 6.07 Å². The van der Waals surface area contributed by atoms with Crippen molar-refractivity contribution in [3.05, 3.63) is 23.8 Å². The summed E-state index contributed by atoms with van der Waals surface area (Å²) in [5.41, 5.74) is 8.16. The zero-order chi connectivity index (χ0) is 14.4. The summed E-state index contributed by atoms with van der Waals surface area (Å²) >= 11 is 0. The SMILES string of the molecule is CCOC(=O)c1ccc(N(CC)CC(C)C)c(N)c1. The van der Waals surface area contributed by atoms with Gasteiger partial charge in [0, 0.05) is 13.1 Å². The van der Waals surface area contributed by atoms with E-state index in [2.05, 4.69) is 25.7 Å². The van der Waals surface area contributed by atoms with Gasteiger partial charge in [0.2, 0.25) is 0 Å². The largest absolute Gasteiger partial charge is 0.462 e. The molecule has 0 atom stereocenters. The number of carbonyl (C=O) groups excluding carboxylic acids is 1. The second kappa shape index (κ2) is 7.02. The fraction of sp³-hybridized carbons (Fsp3) is 0.533. The van der Waals surface area contributed by atoms with Gasteiger partial charge in [-0.15, -0.1) is 0 Å². The molecule has 0 aromatic heterocycles. The molecule has 0 bridgehead atoms. The van der Waals surface area contributed by atoms with Gasteiger partial charge in [0.25, 0.3) is 0 Å². The first-order valence-electron chi connectivity index (χ1n) is 6.81. The molecule has 1 aromatic carbocycles. The average Bonchev–Trinajstić information content (AvgIpc) is 2.36. The molecule has 0 aliphatic rings. The van der Waals surface area contributed by atoms with Gasteiger partial charge in [-0.3, -0.25) is 0 Å². The van der Waals surface area contributed by atoms with E-state index in [0.717, 1.165) is 18.8 Å². The van der Waals surface area contributed by atoms with E-state index in [4.69, 9.17) is 10.5 Å². The van der Waals surface area contributed by atoms with Crippen molar-refractivity contribution in [3.63, 3.8) is 0 Å². The maximum Gasteiger partial charge on any atom is 0.338 e. The number of benzene rings is 1. The van der Waals surface area contributed by atoms with Crippen molar-refractivity contribution in [1.82, 2.24) is 0 Å². The molecular weight excluding hydrogens is 240 g/mol. The van der Waals surface area contributed by atoms with E-state index < -0.39 is 0 Å². The third-order valence-electron chi connectivity index (χ3n) is 2.85. The molecule has 0 fully saturated rings. The van der Waals surface area contributed by atoms with Crippen molar-refractivity contribution in [1.29, 1.82) is 0 Å². The third kappa shape index (κ3) is 4.16. The third-order valence-corrected chi connectivity index (χ3v) is 2.85. The van der Waals surface area contributed by atoms with Crippen LogP contribution >= 0.6 is 0 Å². The second-order valence-corrected chi connectivity index (χ2v) is 4.93. The van der Waals surface area contributed by atoms with E-state index in [-0.39, 0.29) is 5.97 Å². The highest BCUT2D eigenvalue weighted by molar-refractivity contribution is 5.92. The molecule has 19 heavy (non-hydrogen) atoms. The Balaban J connectivity index is 2.95. The molecule has 106 valence electrons. The smallest absolute Gasteiger partial charge is 0.338 e. The van der Waals surface area contributed by atoms with Crippen LogP contribution in [0, 0.1) is 5.92 Å². The minimum absolute atomic E-state index is 0.326. The molecule has 1 rings (SSSR count). The minimum atomic E-state index is -0.326. The monoisotopic (exact) mass is 264 g/mol. The molecule has 0 aliphatic heterocycles. The lowest BCUT2D eigenvalue weighted by molar-refractivity contribution is 0.0526. The summed E-state index contributed by atoms with van der Waals surface area (Å²) in [5, 5.41) is 0. The Bertz CT molecular complexity index is 430. The van der Waals surface area contributed by atoms with Crippen LogP contribution in [0.2, 0.25) is 0 Å². The van der Waals surface area contributed by atoms with Gasteiger partial charge in [0.05, 0.1) is 23.5 Å². The Labute approximate surface area is 115 Å². The van der Waals surface area contributed by atoms with Gasteiger partial charge >= 0.3 is 5.97 Å². The number of nitrogen functional groups attached to an aromatic ring is 1. The van der Waals surface area contributed by atoms with E-state index in [0.29, 0.717) is 23.8 Å². The molecule has 0 amide bonds. The van der Waals surface area contributed by atoms with Gasteiger partial charge in [-0.05, 0) is 38.0 Å². The standard InChI is InChI=1S/C15H24N2O2/c1-5-17(10-11(3)4)14-8-7-12(9-13(14)16)15(18)19-6-2/h7-9,11H,5-6,10,16H2,1-4H3. The van der Waals surface area contributed by atoms with Crippen LogP contribution in [0.5, 0.6) is 0 Å². The fourth-order valence-corrected chi connectivity index (χ4v) is 2.02. The zero-order valence-corrected chi connectivity index (χ0v) is 12.3. The van der Waals surface area contributed by atoms with E-state index in [1.165, 1.54) is 0 Å². The summed E-state index contributed by atoms with van der Waals surface area (Å²) in [4.78, 5) is 13.9. The van der Waals surface area contributed by atoms with Crippen molar-refractivity contribution >= 4 is 17.3 Å². The fourth-order valence-electron chi connectivity index (χ4n) is 2.02. The zero-order valence-electron chi connectivity index (χ0n) is 12.3. The topological polar surface area (TPSA) is 55.6 Å². The normalized spacial score (nSPS) is 10.6. The first kappa shape index (κ1) is 15.3. The lowest BCUT2D eigenvalue weighted by atomic mass is 10.1. The minimum Gasteiger partial charge on any atom is -0.462 e. The Kier molecular flexibility index (Phi) is 5.67. The number of hydrogen-bond acceptors (Lipinski definition) is 4. The number of esters is 1. The van der Waals surface area contributed by atoms with Crippen molar-refractivity contribution in [3.8, 4) is 0 Å². The van der Waals surface area contributed by atoms with Crippen LogP contribution in [0.4, 0.5) is 11.4 Å². The van der Waals surface area contributed by atoms with E-state index in [1.54, 1.807) is 19.1 Å². The molecule has 0 unspecified atom stereocenters. The highest BCUT2D eigenvalue weighted by Gasteiger charge is 2.13. The van der Waals surface area contributed by atoms with Crippen LogP contribution in [0.15, 0.2) is 18.2 Å². The number of anilines is 2. The van der Waals surface area contributed by atoms with E-state index >= 15 is 0 Å². The highest BCUT2D eigenvalue weighted by Crippen LogP contribution is 2.25. The lowest BCUT2D eigenvalue weighted by Gasteiger charge is -2.26. The van der Waals surface area contributed by atoms with Crippen LogP contribution in [0.3, 0.4) is 0 Å². The molecular formula is C15H24N2O2. The van der Waals surface area contributed by atoms with Gasteiger partial charge in [-0.2, -0.15) is 0 Å². The van der Waals surface area contributed by atoms with Crippen LogP contribution in [0.1, 0.15) is 38.1 Å². The Hall–Kier alpha value is -1.71. The maximum atomic E-state index is 11.6. The van der Waals surface area contributed by atoms with Crippen molar-refractivity contribution in [2.45, 2.75) is 27.7 Å². The average molecular weight is 264 g/mol. The lowest BCUT2D eigenvalue weighted by Crippen LogP contribution is -2.28. The van der Waals surface area contributed by atoms with Gasteiger partial charge in [0.1, 0.15) is 0 Å². The molecule has 0 aliphatic carbocycles. The van der Waals surface area contributed by atoms with Gasteiger partial charge in [-0.25, -0.2) is 4.79 Å². The molecule has 2 N–H and O–H groups in total. The van der Waals surface area contributed by atoms with Crippen molar-refractivity contribution < 1.29 is 9.53 Å². The number of nitrogens with two attached hydrogens (primary N) is 1. The Morgan fingerprint density at radius 2 is 2.05 bits per heavy atom. The molecule has 1 aromatic rings. The Morgan fingerprint density at radius 1 is 1.37 bits per heavy atom. The highest BCUT2D eigenvalue weighted by atomic mass is 16.5. The summed E-state index contributed by atoms with van der Waals surface area (Å²) in [6.45, 7) is 10.4. The number of nitrogens with zero attached hydrogens (tertiary/aromatic N) is 1.